The first kappa shape index (κ1) is 26.4. The molecule has 0 aromatic heterocycles. The lowest BCUT2D eigenvalue weighted by molar-refractivity contribution is -0.0696. The van der Waals surface area contributed by atoms with Gasteiger partial charge in [0.15, 0.2) is 0 Å². The highest BCUT2D eigenvalue weighted by molar-refractivity contribution is 5.33. The van der Waals surface area contributed by atoms with Crippen LogP contribution < -0.4 is 0 Å². The lowest BCUT2D eigenvalue weighted by atomic mass is 9.50. The fourth-order valence-corrected chi connectivity index (χ4v) is 8.68. The minimum Gasteiger partial charge on any atom is -0.392 e. The van der Waals surface area contributed by atoms with Crippen LogP contribution in [0, 0.1) is 39.9 Å². The molecule has 9 atom stereocenters. The van der Waals surface area contributed by atoms with E-state index in [2.05, 4.69) is 46.8 Å². The lowest BCUT2D eigenvalue weighted by Crippen LogP contribution is -2.50. The van der Waals surface area contributed by atoms with Gasteiger partial charge in [-0.1, -0.05) is 57.9 Å². The summed E-state index contributed by atoms with van der Waals surface area (Å²) in [4.78, 5) is 0. The Kier molecular flexibility index (Phi) is 6.76. The SMILES string of the molecule is C[C@H](CC[C@@H](O)C(C)(C)O)[C@H]1CC[C@@]2(C)[C@H]3C(=CC[C@]12C)CC1=CC[C@H](O)C(C)(C)[C@@H]1C[C@@H]3O. The van der Waals surface area contributed by atoms with Crippen molar-refractivity contribution < 1.29 is 20.4 Å². The molecule has 2 saturated carbocycles. The van der Waals surface area contributed by atoms with E-state index in [9.17, 15) is 20.4 Å². The largest absolute Gasteiger partial charge is 0.392 e. The van der Waals surface area contributed by atoms with Crippen LogP contribution in [-0.2, 0) is 0 Å². The molecule has 4 nitrogen and oxygen atoms in total. The van der Waals surface area contributed by atoms with E-state index in [1.54, 1.807) is 13.8 Å². The third-order valence-corrected chi connectivity index (χ3v) is 11.4. The highest BCUT2D eigenvalue weighted by Crippen LogP contribution is 2.69. The predicted molar refractivity (Wildman–Crippen MR) is 137 cm³/mol. The summed E-state index contributed by atoms with van der Waals surface area (Å²) >= 11 is 0. The van der Waals surface area contributed by atoms with Gasteiger partial charge in [-0.2, -0.15) is 0 Å². The number of allylic oxidation sites excluding steroid dienone is 2. The van der Waals surface area contributed by atoms with Gasteiger partial charge in [-0.15, -0.1) is 0 Å². The van der Waals surface area contributed by atoms with E-state index in [1.165, 1.54) is 11.1 Å². The van der Waals surface area contributed by atoms with Crippen molar-refractivity contribution in [2.45, 2.75) is 124 Å². The van der Waals surface area contributed by atoms with Crippen molar-refractivity contribution in [3.05, 3.63) is 23.3 Å². The summed E-state index contributed by atoms with van der Waals surface area (Å²) in [6.07, 6.45) is 10.6. The maximum absolute atomic E-state index is 11.7. The molecule has 0 heterocycles. The van der Waals surface area contributed by atoms with Crippen molar-refractivity contribution in [3.8, 4) is 0 Å². The van der Waals surface area contributed by atoms with Gasteiger partial charge in [0.1, 0.15) is 0 Å². The normalized spacial score (nSPS) is 43.6. The zero-order valence-electron chi connectivity index (χ0n) is 22.6. The Morgan fingerprint density at radius 2 is 1.71 bits per heavy atom. The first-order valence-corrected chi connectivity index (χ1v) is 13.8. The van der Waals surface area contributed by atoms with Crippen molar-refractivity contribution in [1.82, 2.24) is 0 Å². The van der Waals surface area contributed by atoms with Crippen molar-refractivity contribution in [2.24, 2.45) is 39.9 Å². The van der Waals surface area contributed by atoms with E-state index in [1.807, 2.05) is 0 Å². The Hall–Kier alpha value is -0.680. The van der Waals surface area contributed by atoms with E-state index in [0.717, 1.165) is 44.9 Å². The van der Waals surface area contributed by atoms with E-state index in [-0.39, 0.29) is 40.3 Å². The van der Waals surface area contributed by atoms with Crippen LogP contribution in [0.1, 0.15) is 99.8 Å². The third-order valence-electron chi connectivity index (χ3n) is 11.4. The second-order valence-corrected chi connectivity index (χ2v) is 14.0. The van der Waals surface area contributed by atoms with Gasteiger partial charge in [-0.25, -0.2) is 0 Å². The minimum absolute atomic E-state index is 0.0428. The average molecular weight is 475 g/mol. The number of hydrogen-bond donors (Lipinski definition) is 4. The summed E-state index contributed by atoms with van der Waals surface area (Å²) in [5, 5.41) is 43.0. The van der Waals surface area contributed by atoms with Gasteiger partial charge in [0.05, 0.1) is 23.9 Å². The maximum atomic E-state index is 11.7. The van der Waals surface area contributed by atoms with Crippen LogP contribution >= 0.6 is 0 Å². The summed E-state index contributed by atoms with van der Waals surface area (Å²) in [6, 6.07) is 0. The Bertz CT molecular complexity index is 835. The highest BCUT2D eigenvalue weighted by Gasteiger charge is 2.62. The van der Waals surface area contributed by atoms with Crippen LogP contribution in [0.5, 0.6) is 0 Å². The molecule has 0 unspecified atom stereocenters. The Labute approximate surface area is 207 Å². The molecule has 0 aromatic rings. The summed E-state index contributed by atoms with van der Waals surface area (Å²) in [5.74, 6) is 1.40. The second kappa shape index (κ2) is 8.71. The number of fused-ring (bicyclic) bond motifs is 4. The monoisotopic (exact) mass is 474 g/mol. The van der Waals surface area contributed by atoms with Crippen LogP contribution in [0.25, 0.3) is 0 Å². The molecule has 0 bridgehead atoms. The molecular weight excluding hydrogens is 424 g/mol. The number of aliphatic hydroxyl groups is 4. The van der Waals surface area contributed by atoms with Gasteiger partial charge >= 0.3 is 0 Å². The van der Waals surface area contributed by atoms with E-state index >= 15 is 0 Å². The predicted octanol–water partition coefficient (Wildman–Crippen LogP) is 5.39. The zero-order valence-corrected chi connectivity index (χ0v) is 22.6. The molecule has 4 rings (SSSR count). The number of aliphatic hydroxyl groups excluding tert-OH is 3. The molecule has 0 aromatic carbocycles. The molecule has 4 N–H and O–H groups in total. The third kappa shape index (κ3) is 4.05. The maximum Gasteiger partial charge on any atom is 0.0849 e. The molecule has 4 aliphatic carbocycles. The van der Waals surface area contributed by atoms with Gasteiger partial charge in [0, 0.05) is 5.92 Å². The molecule has 0 radical (unpaired) electrons. The van der Waals surface area contributed by atoms with Crippen LogP contribution in [0.15, 0.2) is 23.3 Å². The van der Waals surface area contributed by atoms with Gasteiger partial charge in [-0.05, 0) is 99.2 Å². The molecule has 0 aliphatic heterocycles. The average Bonchev–Trinajstić information content (AvgIpc) is 2.91. The van der Waals surface area contributed by atoms with E-state index < -0.39 is 11.7 Å². The molecule has 2 fully saturated rings. The smallest absolute Gasteiger partial charge is 0.0849 e. The molecule has 4 aliphatic rings. The fourth-order valence-electron chi connectivity index (χ4n) is 8.68. The topological polar surface area (TPSA) is 80.9 Å². The van der Waals surface area contributed by atoms with Gasteiger partial charge in [0.2, 0.25) is 0 Å². The standard InChI is InChI=1S/C30H50O4/c1-18(8-10-25(33)28(4,5)34)21-13-15-30(7)26-20(12-14-29(21,30)6)16-19-9-11-24(32)27(2,3)22(19)17-23(26)31/h9,12,18,21-26,31-34H,8,10-11,13-17H2,1-7H3/t18-,21-,22-,23+,24+,25-,26+,29-,30+/m1/s1. The summed E-state index contributed by atoms with van der Waals surface area (Å²) in [5.41, 5.74) is 1.74. The number of rotatable bonds is 5. The molecular formula is C30H50O4. The Balaban J connectivity index is 1.59. The Morgan fingerprint density at radius 3 is 2.35 bits per heavy atom. The van der Waals surface area contributed by atoms with E-state index in [4.69, 9.17) is 0 Å². The molecule has 0 amide bonds. The summed E-state index contributed by atoms with van der Waals surface area (Å²) < 4.78 is 0. The van der Waals surface area contributed by atoms with Crippen LogP contribution in [0.2, 0.25) is 0 Å². The van der Waals surface area contributed by atoms with Crippen LogP contribution in [0.4, 0.5) is 0 Å². The Morgan fingerprint density at radius 1 is 1.03 bits per heavy atom. The van der Waals surface area contributed by atoms with E-state index in [0.29, 0.717) is 18.3 Å². The molecule has 0 spiro atoms. The highest BCUT2D eigenvalue weighted by atomic mass is 16.3. The molecule has 4 heteroatoms. The molecule has 194 valence electrons. The lowest BCUT2D eigenvalue weighted by Gasteiger charge is -2.54. The van der Waals surface area contributed by atoms with Gasteiger partial charge < -0.3 is 20.4 Å². The quantitative estimate of drug-likeness (QED) is 0.403. The zero-order chi connectivity index (χ0) is 25.3. The van der Waals surface area contributed by atoms with Crippen molar-refractivity contribution in [1.29, 1.82) is 0 Å². The van der Waals surface area contributed by atoms with Crippen LogP contribution in [-0.4, -0.2) is 44.3 Å². The van der Waals surface area contributed by atoms with Crippen molar-refractivity contribution >= 4 is 0 Å². The summed E-state index contributed by atoms with van der Waals surface area (Å²) in [6.45, 7) is 14.9. The van der Waals surface area contributed by atoms with Crippen molar-refractivity contribution in [3.63, 3.8) is 0 Å². The van der Waals surface area contributed by atoms with Crippen LogP contribution in [0.3, 0.4) is 0 Å². The fraction of sp³-hybridized carbons (Fsp3) is 0.867. The van der Waals surface area contributed by atoms with Crippen molar-refractivity contribution in [2.75, 3.05) is 0 Å². The first-order valence-electron chi connectivity index (χ1n) is 13.8. The molecule has 0 saturated heterocycles. The first-order chi connectivity index (χ1) is 15.6. The second-order valence-electron chi connectivity index (χ2n) is 14.0. The summed E-state index contributed by atoms with van der Waals surface area (Å²) in [7, 11) is 0. The van der Waals surface area contributed by atoms with Gasteiger partial charge in [-0.3, -0.25) is 0 Å². The van der Waals surface area contributed by atoms with Gasteiger partial charge in [0.25, 0.3) is 0 Å². The molecule has 34 heavy (non-hydrogen) atoms. The number of hydrogen-bond acceptors (Lipinski definition) is 4. The minimum atomic E-state index is -1.06.